The molecule has 5 nitrogen and oxygen atoms in total. The molecule has 0 saturated carbocycles. The van der Waals surface area contributed by atoms with Crippen LogP contribution in [0, 0.1) is 0 Å². The number of nitrogens with zero attached hydrogens (tertiary/aromatic N) is 1. The van der Waals surface area contributed by atoms with Gasteiger partial charge in [-0.25, -0.2) is 4.99 Å². The average Bonchev–Trinajstić information content (AvgIpc) is 2.04. The van der Waals surface area contributed by atoms with Gasteiger partial charge in [-0.3, -0.25) is 0 Å². The van der Waals surface area contributed by atoms with Crippen LogP contribution in [-0.4, -0.2) is 5.84 Å². The predicted molar refractivity (Wildman–Crippen MR) is 50.6 cm³/mol. The molecule has 12 heavy (non-hydrogen) atoms. The van der Waals surface area contributed by atoms with Gasteiger partial charge in [0.25, 0.3) is 0 Å². The van der Waals surface area contributed by atoms with E-state index in [2.05, 4.69) is 23.5 Å². The smallest absolute Gasteiger partial charge is 0.150 e. The largest absolute Gasteiger partial charge is 0.393 e. The van der Waals surface area contributed by atoms with Crippen LogP contribution in [0.25, 0.3) is 0 Å². The maximum absolute atomic E-state index is 5.47. The van der Waals surface area contributed by atoms with Gasteiger partial charge in [0.2, 0.25) is 0 Å². The molecule has 7 N–H and O–H groups in total. The van der Waals surface area contributed by atoms with Gasteiger partial charge in [0.05, 0.1) is 0 Å². The van der Waals surface area contributed by atoms with Gasteiger partial charge >= 0.3 is 0 Å². The summed E-state index contributed by atoms with van der Waals surface area (Å²) in [5.74, 6) is 0.338. The van der Waals surface area contributed by atoms with Gasteiger partial charge in [-0.15, -0.1) is 0 Å². The molecule has 0 rings (SSSR count). The molecule has 0 aromatic heterocycles. The van der Waals surface area contributed by atoms with E-state index in [1.807, 2.05) is 0 Å². The predicted octanol–water partition coefficient (Wildman–Crippen LogP) is -0.693. The van der Waals surface area contributed by atoms with E-state index in [1.165, 1.54) is 12.4 Å². The molecule has 0 aromatic carbocycles. The molecule has 5 heteroatoms. The SMILES string of the molecule is C=C/N=C(N)\C(N)=C(/N)NC=C. The summed E-state index contributed by atoms with van der Waals surface area (Å²) in [4.78, 5) is 3.65. The standard InChI is InChI=1S/C7H13N5/c1-3-11-6(9)5(8)7(10)12-4-2/h3-4,11H,1-2,8-9H2,(H2,10,12)/b6-5-. The molecule has 0 aliphatic heterocycles. The Labute approximate surface area is 71.3 Å². The number of nitrogens with two attached hydrogens (primary N) is 3. The van der Waals surface area contributed by atoms with Gasteiger partial charge in [-0.05, 0) is 6.20 Å². The van der Waals surface area contributed by atoms with Gasteiger partial charge < -0.3 is 22.5 Å². The average molecular weight is 167 g/mol. The van der Waals surface area contributed by atoms with E-state index in [1.54, 1.807) is 0 Å². The van der Waals surface area contributed by atoms with Crippen molar-refractivity contribution in [2.75, 3.05) is 0 Å². The Kier molecular flexibility index (Phi) is 4.07. The first kappa shape index (κ1) is 10.1. The Morgan fingerprint density at radius 2 is 1.83 bits per heavy atom. The molecule has 0 unspecified atom stereocenters. The first-order valence-electron chi connectivity index (χ1n) is 3.20. The van der Waals surface area contributed by atoms with Crippen molar-refractivity contribution in [2.24, 2.45) is 22.2 Å². The van der Waals surface area contributed by atoms with Crippen molar-refractivity contribution in [3.63, 3.8) is 0 Å². The molecule has 0 aromatic rings. The second-order valence-electron chi connectivity index (χ2n) is 1.87. The fraction of sp³-hybridized carbons (Fsp3) is 0. The van der Waals surface area contributed by atoms with Crippen molar-refractivity contribution in [3.8, 4) is 0 Å². The summed E-state index contributed by atoms with van der Waals surface area (Å²) in [6.45, 7) is 6.77. The highest BCUT2D eigenvalue weighted by Gasteiger charge is 2.00. The second kappa shape index (κ2) is 4.84. The third-order valence-electron chi connectivity index (χ3n) is 1.05. The minimum atomic E-state index is 0.122. The van der Waals surface area contributed by atoms with Gasteiger partial charge in [0, 0.05) is 6.20 Å². The Morgan fingerprint density at radius 1 is 1.25 bits per heavy atom. The van der Waals surface area contributed by atoms with Crippen LogP contribution in [0.5, 0.6) is 0 Å². The second-order valence-corrected chi connectivity index (χ2v) is 1.87. The third-order valence-corrected chi connectivity index (χ3v) is 1.05. The van der Waals surface area contributed by atoms with E-state index in [0.717, 1.165) is 0 Å². The summed E-state index contributed by atoms with van der Waals surface area (Å²) in [6.07, 6.45) is 2.67. The van der Waals surface area contributed by atoms with Crippen LogP contribution in [0.1, 0.15) is 0 Å². The summed E-state index contributed by atoms with van der Waals surface area (Å²) < 4.78 is 0. The molecule has 0 saturated heterocycles. The molecule has 66 valence electrons. The van der Waals surface area contributed by atoms with Crippen molar-refractivity contribution in [2.45, 2.75) is 0 Å². The Bertz CT molecular complexity index is 238. The molecule has 0 bridgehead atoms. The van der Waals surface area contributed by atoms with Crippen molar-refractivity contribution < 1.29 is 0 Å². The minimum Gasteiger partial charge on any atom is -0.393 e. The number of amidine groups is 1. The summed E-state index contributed by atoms with van der Waals surface area (Å²) in [6, 6.07) is 0. The maximum Gasteiger partial charge on any atom is 0.150 e. The molecule has 0 atom stereocenters. The van der Waals surface area contributed by atoms with Crippen molar-refractivity contribution in [3.05, 3.63) is 37.1 Å². The normalized spacial score (nSPS) is 13.2. The lowest BCUT2D eigenvalue weighted by atomic mass is 10.4. The summed E-state index contributed by atoms with van der Waals surface area (Å²) in [5.41, 5.74) is 16.5. The Morgan fingerprint density at radius 3 is 2.25 bits per heavy atom. The summed E-state index contributed by atoms with van der Waals surface area (Å²) >= 11 is 0. The molecule has 0 radical (unpaired) electrons. The lowest BCUT2D eigenvalue weighted by molar-refractivity contribution is 1.00. The number of hydrogen-bond acceptors (Lipinski definition) is 4. The first-order valence-corrected chi connectivity index (χ1v) is 3.20. The fourth-order valence-electron chi connectivity index (χ4n) is 0.494. The van der Waals surface area contributed by atoms with E-state index in [9.17, 15) is 0 Å². The fourth-order valence-corrected chi connectivity index (χ4v) is 0.494. The minimum absolute atomic E-state index is 0.122. The molecule has 0 aliphatic carbocycles. The van der Waals surface area contributed by atoms with Gasteiger partial charge in [-0.1, -0.05) is 13.2 Å². The van der Waals surface area contributed by atoms with Crippen molar-refractivity contribution in [1.82, 2.24) is 5.32 Å². The zero-order chi connectivity index (χ0) is 9.56. The van der Waals surface area contributed by atoms with E-state index >= 15 is 0 Å². The van der Waals surface area contributed by atoms with Gasteiger partial charge in [0.15, 0.2) is 0 Å². The molecule has 0 amide bonds. The van der Waals surface area contributed by atoms with Crippen LogP contribution in [0.3, 0.4) is 0 Å². The van der Waals surface area contributed by atoms with Gasteiger partial charge in [0.1, 0.15) is 17.4 Å². The number of aliphatic imine (C=N–C) groups is 1. The molecular formula is C7H13N5. The van der Waals surface area contributed by atoms with Crippen LogP contribution in [0.4, 0.5) is 0 Å². The lowest BCUT2D eigenvalue weighted by Gasteiger charge is -2.04. The Balaban J connectivity index is 4.63. The van der Waals surface area contributed by atoms with Crippen molar-refractivity contribution >= 4 is 5.84 Å². The highest BCUT2D eigenvalue weighted by Crippen LogP contribution is 1.88. The number of rotatable bonds is 4. The monoisotopic (exact) mass is 167 g/mol. The van der Waals surface area contributed by atoms with Crippen LogP contribution in [0.2, 0.25) is 0 Å². The molecule has 0 heterocycles. The van der Waals surface area contributed by atoms with E-state index in [0.29, 0.717) is 0 Å². The molecule has 0 spiro atoms. The first-order chi connectivity index (χ1) is 5.63. The zero-order valence-electron chi connectivity index (χ0n) is 6.75. The van der Waals surface area contributed by atoms with Crippen molar-refractivity contribution in [1.29, 1.82) is 0 Å². The number of hydrogen-bond donors (Lipinski definition) is 4. The van der Waals surface area contributed by atoms with E-state index in [-0.39, 0.29) is 17.4 Å². The number of nitrogens with one attached hydrogen (secondary N) is 1. The third kappa shape index (κ3) is 2.78. The van der Waals surface area contributed by atoms with E-state index in [4.69, 9.17) is 17.2 Å². The molecule has 0 aliphatic rings. The van der Waals surface area contributed by atoms with Gasteiger partial charge in [-0.2, -0.15) is 0 Å². The van der Waals surface area contributed by atoms with E-state index < -0.39 is 0 Å². The summed E-state index contributed by atoms with van der Waals surface area (Å²) in [7, 11) is 0. The van der Waals surface area contributed by atoms with Crippen LogP contribution >= 0.6 is 0 Å². The van der Waals surface area contributed by atoms with Crippen LogP contribution in [-0.2, 0) is 0 Å². The molecule has 0 fully saturated rings. The topological polar surface area (TPSA) is 102 Å². The Hall–Kier alpha value is -1.91. The highest BCUT2D eigenvalue weighted by molar-refractivity contribution is 5.96. The lowest BCUT2D eigenvalue weighted by Crippen LogP contribution is -2.29. The zero-order valence-corrected chi connectivity index (χ0v) is 6.75. The summed E-state index contributed by atoms with van der Waals surface area (Å²) in [5, 5.41) is 2.59. The highest BCUT2D eigenvalue weighted by atomic mass is 15.0. The molecular weight excluding hydrogens is 154 g/mol. The quantitative estimate of drug-likeness (QED) is 0.328. The van der Waals surface area contributed by atoms with Crippen LogP contribution in [0.15, 0.2) is 42.1 Å². The maximum atomic E-state index is 5.47. The van der Waals surface area contributed by atoms with Crippen LogP contribution < -0.4 is 22.5 Å².